The normalized spacial score (nSPS) is 10.1. The highest BCUT2D eigenvalue weighted by Gasteiger charge is 2.13. The fraction of sp³-hybridized carbons (Fsp3) is 0.200. The summed E-state index contributed by atoms with van der Waals surface area (Å²) in [5, 5.41) is 10.1. The molecule has 0 fully saturated rings. The Morgan fingerprint density at radius 3 is 3.06 bits per heavy atom. The molecule has 0 radical (unpaired) electrons. The van der Waals surface area contributed by atoms with Crippen LogP contribution in [-0.4, -0.2) is 25.7 Å². The van der Waals surface area contributed by atoms with E-state index in [1.807, 2.05) is 6.92 Å². The minimum atomic E-state index is -0.307. The Hall–Kier alpha value is -2.24. The average Bonchev–Trinajstić information content (AvgIpc) is 2.78. The monoisotopic (exact) mass is 217 g/mol. The summed E-state index contributed by atoms with van der Waals surface area (Å²) < 4.78 is 1.66. The number of anilines is 1. The number of nitrogens with one attached hydrogen (secondary N) is 1. The molecule has 6 heteroatoms. The molecular weight excluding hydrogens is 206 g/mol. The highest BCUT2D eigenvalue weighted by Crippen LogP contribution is 2.03. The van der Waals surface area contributed by atoms with Gasteiger partial charge in [-0.3, -0.25) is 4.79 Å². The summed E-state index contributed by atoms with van der Waals surface area (Å²) in [5.41, 5.74) is 0. The van der Waals surface area contributed by atoms with Gasteiger partial charge in [-0.25, -0.2) is 4.98 Å². The minimum Gasteiger partial charge on any atom is -0.310 e. The number of hydrogen-bond acceptors (Lipinski definition) is 4. The van der Waals surface area contributed by atoms with Gasteiger partial charge in [-0.2, -0.15) is 0 Å². The van der Waals surface area contributed by atoms with Gasteiger partial charge in [0.25, 0.3) is 5.91 Å². The van der Waals surface area contributed by atoms with Gasteiger partial charge in [0, 0.05) is 12.7 Å². The van der Waals surface area contributed by atoms with Crippen LogP contribution >= 0.6 is 0 Å². The Balaban J connectivity index is 2.15. The van der Waals surface area contributed by atoms with E-state index in [2.05, 4.69) is 20.5 Å². The van der Waals surface area contributed by atoms with Crippen molar-refractivity contribution in [2.45, 2.75) is 13.5 Å². The number of rotatable bonds is 3. The highest BCUT2D eigenvalue weighted by molar-refractivity contribution is 6.01. The molecule has 0 aliphatic carbocycles. The molecule has 1 N–H and O–H groups in total. The molecule has 2 rings (SSSR count). The molecule has 0 bridgehead atoms. The van der Waals surface area contributed by atoms with E-state index in [9.17, 15) is 4.79 Å². The summed E-state index contributed by atoms with van der Waals surface area (Å²) >= 11 is 0. The second-order valence-electron chi connectivity index (χ2n) is 3.11. The van der Waals surface area contributed by atoms with Gasteiger partial charge in [-0.05, 0) is 19.1 Å². The SMILES string of the molecule is CCn1cnnc1C(=O)Nc1ccccn1. The summed E-state index contributed by atoms with van der Waals surface area (Å²) in [5.74, 6) is 0.476. The molecule has 1 amide bonds. The van der Waals surface area contributed by atoms with Crippen LogP contribution in [0.15, 0.2) is 30.7 Å². The summed E-state index contributed by atoms with van der Waals surface area (Å²) in [6.07, 6.45) is 3.13. The molecule has 0 aliphatic rings. The van der Waals surface area contributed by atoms with E-state index in [0.29, 0.717) is 12.4 Å². The second-order valence-corrected chi connectivity index (χ2v) is 3.11. The van der Waals surface area contributed by atoms with Gasteiger partial charge in [0.15, 0.2) is 0 Å². The minimum absolute atomic E-state index is 0.285. The Bertz CT molecular complexity index is 479. The molecule has 2 aromatic rings. The van der Waals surface area contributed by atoms with E-state index >= 15 is 0 Å². The second kappa shape index (κ2) is 4.52. The lowest BCUT2D eigenvalue weighted by atomic mass is 10.4. The van der Waals surface area contributed by atoms with Crippen molar-refractivity contribution in [2.75, 3.05) is 5.32 Å². The van der Waals surface area contributed by atoms with E-state index < -0.39 is 0 Å². The van der Waals surface area contributed by atoms with E-state index in [0.717, 1.165) is 0 Å². The van der Waals surface area contributed by atoms with Crippen molar-refractivity contribution in [3.63, 3.8) is 0 Å². The standard InChI is InChI=1S/C10H11N5O/c1-2-15-7-12-14-9(15)10(16)13-8-5-3-4-6-11-8/h3-7H,2H2,1H3,(H,11,13,16). The molecule has 0 aliphatic heterocycles. The van der Waals surface area contributed by atoms with Gasteiger partial charge in [0.05, 0.1) is 0 Å². The predicted octanol–water partition coefficient (Wildman–Crippen LogP) is 0.945. The molecule has 6 nitrogen and oxygen atoms in total. The number of carbonyl (C=O) groups excluding carboxylic acids is 1. The van der Waals surface area contributed by atoms with Crippen molar-refractivity contribution < 1.29 is 4.79 Å². The van der Waals surface area contributed by atoms with Crippen molar-refractivity contribution in [2.24, 2.45) is 0 Å². The van der Waals surface area contributed by atoms with Crippen LogP contribution in [-0.2, 0) is 6.54 Å². The predicted molar refractivity (Wildman–Crippen MR) is 57.9 cm³/mol. The molecule has 0 saturated carbocycles. The van der Waals surface area contributed by atoms with Crippen molar-refractivity contribution in [3.05, 3.63) is 36.5 Å². The van der Waals surface area contributed by atoms with Crippen LogP contribution in [0.2, 0.25) is 0 Å². The Morgan fingerprint density at radius 1 is 1.50 bits per heavy atom. The lowest BCUT2D eigenvalue weighted by Crippen LogP contribution is -2.18. The molecule has 0 saturated heterocycles. The van der Waals surface area contributed by atoms with E-state index in [1.54, 1.807) is 29.0 Å². The largest absolute Gasteiger partial charge is 0.310 e. The number of aryl methyl sites for hydroxylation is 1. The van der Waals surface area contributed by atoms with Gasteiger partial charge in [-0.15, -0.1) is 10.2 Å². The molecule has 0 aromatic carbocycles. The molecule has 16 heavy (non-hydrogen) atoms. The van der Waals surface area contributed by atoms with E-state index in [1.165, 1.54) is 6.33 Å². The Labute approximate surface area is 92.3 Å². The van der Waals surface area contributed by atoms with Crippen molar-refractivity contribution in [3.8, 4) is 0 Å². The van der Waals surface area contributed by atoms with Crippen molar-refractivity contribution >= 4 is 11.7 Å². The molecule has 0 unspecified atom stereocenters. The highest BCUT2D eigenvalue weighted by atomic mass is 16.2. The number of carbonyl (C=O) groups is 1. The number of aromatic nitrogens is 4. The summed E-state index contributed by atoms with van der Waals surface area (Å²) in [4.78, 5) is 15.8. The molecule has 0 atom stereocenters. The fourth-order valence-electron chi connectivity index (χ4n) is 1.27. The zero-order valence-corrected chi connectivity index (χ0v) is 8.79. The first-order valence-electron chi connectivity index (χ1n) is 4.91. The smallest absolute Gasteiger partial charge is 0.294 e. The van der Waals surface area contributed by atoms with E-state index in [-0.39, 0.29) is 11.7 Å². The zero-order chi connectivity index (χ0) is 11.4. The summed E-state index contributed by atoms with van der Waals surface area (Å²) in [6, 6.07) is 5.29. The third-order valence-electron chi connectivity index (χ3n) is 2.07. The number of nitrogens with zero attached hydrogens (tertiary/aromatic N) is 4. The quantitative estimate of drug-likeness (QED) is 0.830. The van der Waals surface area contributed by atoms with Crippen molar-refractivity contribution in [1.82, 2.24) is 19.7 Å². The average molecular weight is 217 g/mol. The maximum absolute atomic E-state index is 11.8. The van der Waals surface area contributed by atoms with Crippen LogP contribution in [0.25, 0.3) is 0 Å². The van der Waals surface area contributed by atoms with Gasteiger partial charge < -0.3 is 9.88 Å². The first kappa shape index (κ1) is 10.3. The van der Waals surface area contributed by atoms with Crippen LogP contribution in [0.4, 0.5) is 5.82 Å². The van der Waals surface area contributed by atoms with Gasteiger partial charge in [-0.1, -0.05) is 6.07 Å². The van der Waals surface area contributed by atoms with Gasteiger partial charge >= 0.3 is 0 Å². The topological polar surface area (TPSA) is 72.7 Å². The first-order valence-corrected chi connectivity index (χ1v) is 4.91. The lowest BCUT2D eigenvalue weighted by molar-refractivity contribution is 0.101. The van der Waals surface area contributed by atoms with Crippen molar-refractivity contribution in [1.29, 1.82) is 0 Å². The third-order valence-corrected chi connectivity index (χ3v) is 2.07. The number of pyridine rings is 1. The molecule has 2 aromatic heterocycles. The Kier molecular flexibility index (Phi) is 2.90. The maximum atomic E-state index is 11.8. The van der Waals surface area contributed by atoms with Crippen LogP contribution in [0.5, 0.6) is 0 Å². The Morgan fingerprint density at radius 2 is 2.38 bits per heavy atom. The molecular formula is C10H11N5O. The van der Waals surface area contributed by atoms with Gasteiger partial charge in [0.2, 0.25) is 5.82 Å². The van der Waals surface area contributed by atoms with Crippen LogP contribution in [0.1, 0.15) is 17.5 Å². The third kappa shape index (κ3) is 2.05. The number of hydrogen-bond donors (Lipinski definition) is 1. The zero-order valence-electron chi connectivity index (χ0n) is 8.79. The molecule has 82 valence electrons. The van der Waals surface area contributed by atoms with Crippen LogP contribution in [0, 0.1) is 0 Å². The van der Waals surface area contributed by atoms with Gasteiger partial charge in [0.1, 0.15) is 12.1 Å². The van der Waals surface area contributed by atoms with E-state index in [4.69, 9.17) is 0 Å². The van der Waals surface area contributed by atoms with Crippen LogP contribution in [0.3, 0.4) is 0 Å². The fourth-order valence-corrected chi connectivity index (χ4v) is 1.27. The molecule has 0 spiro atoms. The summed E-state index contributed by atoms with van der Waals surface area (Å²) in [7, 11) is 0. The number of amides is 1. The molecule has 2 heterocycles. The summed E-state index contributed by atoms with van der Waals surface area (Å²) in [6.45, 7) is 2.57. The lowest BCUT2D eigenvalue weighted by Gasteiger charge is -2.04. The first-order chi connectivity index (χ1) is 7.81. The van der Waals surface area contributed by atoms with Crippen LogP contribution < -0.4 is 5.32 Å². The maximum Gasteiger partial charge on any atom is 0.294 e.